The van der Waals surface area contributed by atoms with Gasteiger partial charge < -0.3 is 10.1 Å². The van der Waals surface area contributed by atoms with Crippen molar-refractivity contribution in [3.05, 3.63) is 47.2 Å². The number of ether oxygens (including phenoxy) is 1. The van der Waals surface area contributed by atoms with E-state index in [0.717, 1.165) is 36.4 Å². The Kier molecular flexibility index (Phi) is 5.74. The molecule has 1 aromatic carbocycles. The van der Waals surface area contributed by atoms with Crippen LogP contribution >= 0.6 is 0 Å². The number of carbonyl (C=O) groups excluding carboxylic acids is 2. The van der Waals surface area contributed by atoms with Crippen LogP contribution in [0.15, 0.2) is 30.5 Å². The molecule has 2 aromatic rings. The Bertz CT molecular complexity index is 982. The number of hydrogen-bond acceptors (Lipinski definition) is 4. The number of carbonyl (C=O) groups is 2. The van der Waals surface area contributed by atoms with Crippen molar-refractivity contribution in [3.63, 3.8) is 0 Å². The molecule has 166 valence electrons. The zero-order valence-electron chi connectivity index (χ0n) is 17.0. The summed E-state index contributed by atoms with van der Waals surface area (Å²) in [4.78, 5) is 27.3. The highest BCUT2D eigenvalue weighted by Crippen LogP contribution is 2.34. The highest BCUT2D eigenvalue weighted by Gasteiger charge is 2.38. The van der Waals surface area contributed by atoms with Crippen molar-refractivity contribution in [1.82, 2.24) is 15.1 Å². The van der Waals surface area contributed by atoms with Crippen LogP contribution in [0.25, 0.3) is 0 Å². The van der Waals surface area contributed by atoms with Crippen LogP contribution in [0.4, 0.5) is 19.0 Å². The van der Waals surface area contributed by atoms with Gasteiger partial charge in [-0.15, -0.1) is 0 Å². The summed E-state index contributed by atoms with van der Waals surface area (Å²) in [6.45, 7) is 3.49. The zero-order chi connectivity index (χ0) is 22.2. The first-order valence-corrected chi connectivity index (χ1v) is 10.2. The standard InChI is InChI=1S/C21H23F3N4O3/c1-2-27-19-14(12-25-28(19)16-6-8-31-9-7-16)11-17(20(27)30)26-18(29)13-4-3-5-15(10-13)21(22,23)24/h3-5,10,12,16-17H,2,6-9,11H2,1H3,(H,26,29). The molecule has 1 fully saturated rings. The first-order chi connectivity index (χ1) is 14.8. The van der Waals surface area contributed by atoms with Gasteiger partial charge in [0.2, 0.25) is 0 Å². The number of amides is 2. The number of benzene rings is 1. The first kappa shape index (κ1) is 21.4. The van der Waals surface area contributed by atoms with Crippen LogP contribution in [0.2, 0.25) is 0 Å². The molecule has 0 saturated carbocycles. The molecule has 31 heavy (non-hydrogen) atoms. The van der Waals surface area contributed by atoms with E-state index in [-0.39, 0.29) is 23.9 Å². The second-order valence-electron chi connectivity index (χ2n) is 7.67. The fourth-order valence-corrected chi connectivity index (χ4v) is 4.13. The third-order valence-corrected chi connectivity index (χ3v) is 5.70. The van der Waals surface area contributed by atoms with Crippen molar-refractivity contribution >= 4 is 17.6 Å². The Morgan fingerprint density at radius 1 is 1.29 bits per heavy atom. The highest BCUT2D eigenvalue weighted by molar-refractivity contribution is 6.03. The number of alkyl halides is 3. The molecular weight excluding hydrogens is 413 g/mol. The molecule has 2 aliphatic rings. The topological polar surface area (TPSA) is 76.5 Å². The Labute approximate surface area is 177 Å². The maximum Gasteiger partial charge on any atom is 0.416 e. The fourth-order valence-electron chi connectivity index (χ4n) is 4.13. The molecule has 1 unspecified atom stereocenters. The maximum atomic E-state index is 13.1. The number of hydrogen-bond donors (Lipinski definition) is 1. The monoisotopic (exact) mass is 436 g/mol. The molecule has 1 N–H and O–H groups in total. The van der Waals surface area contributed by atoms with Crippen molar-refractivity contribution in [1.29, 1.82) is 0 Å². The van der Waals surface area contributed by atoms with Crippen LogP contribution < -0.4 is 10.2 Å². The van der Waals surface area contributed by atoms with Gasteiger partial charge in [0, 0.05) is 37.3 Å². The number of likely N-dealkylation sites (N-methyl/N-ethyl adjacent to an activating group) is 1. The van der Waals surface area contributed by atoms with E-state index in [2.05, 4.69) is 10.4 Å². The summed E-state index contributed by atoms with van der Waals surface area (Å²) < 4.78 is 46.2. The predicted octanol–water partition coefficient (Wildman–Crippen LogP) is 2.96. The highest BCUT2D eigenvalue weighted by atomic mass is 19.4. The molecule has 1 aromatic heterocycles. The molecule has 0 bridgehead atoms. The number of anilines is 1. The number of fused-ring (bicyclic) bond motifs is 1. The quantitative estimate of drug-likeness (QED) is 0.800. The van der Waals surface area contributed by atoms with Gasteiger partial charge in [-0.2, -0.15) is 18.3 Å². The molecule has 2 amide bonds. The normalized spacial score (nSPS) is 19.9. The second kappa shape index (κ2) is 8.33. The Balaban J connectivity index is 1.56. The number of nitrogens with one attached hydrogen (secondary N) is 1. The van der Waals surface area contributed by atoms with Crippen molar-refractivity contribution in [2.75, 3.05) is 24.7 Å². The summed E-state index contributed by atoms with van der Waals surface area (Å²) in [6.07, 6.45) is -1.02. The van der Waals surface area contributed by atoms with Gasteiger partial charge in [-0.3, -0.25) is 14.5 Å². The van der Waals surface area contributed by atoms with Crippen LogP contribution in [-0.4, -0.2) is 47.4 Å². The molecule has 1 atom stereocenters. The molecule has 10 heteroatoms. The SMILES string of the molecule is CCN1C(=O)C(NC(=O)c2cccc(C(F)(F)F)c2)Cc2cnn(C3CCOCC3)c21. The number of halogens is 3. The molecule has 0 spiro atoms. The Morgan fingerprint density at radius 3 is 2.71 bits per heavy atom. The van der Waals surface area contributed by atoms with Crippen molar-refractivity contribution in [2.24, 2.45) is 0 Å². The Morgan fingerprint density at radius 2 is 2.03 bits per heavy atom. The van der Waals surface area contributed by atoms with E-state index < -0.39 is 23.7 Å². The van der Waals surface area contributed by atoms with Crippen LogP contribution in [0.5, 0.6) is 0 Å². The molecule has 3 heterocycles. The van der Waals surface area contributed by atoms with Gasteiger partial charge in [0.1, 0.15) is 11.9 Å². The maximum absolute atomic E-state index is 13.1. The van der Waals surface area contributed by atoms with Gasteiger partial charge in [0.25, 0.3) is 11.8 Å². The second-order valence-corrected chi connectivity index (χ2v) is 7.67. The minimum Gasteiger partial charge on any atom is -0.381 e. The van der Waals surface area contributed by atoms with Gasteiger partial charge in [-0.25, -0.2) is 4.68 Å². The molecule has 4 rings (SSSR count). The van der Waals surface area contributed by atoms with Crippen molar-refractivity contribution < 1.29 is 27.5 Å². The van der Waals surface area contributed by atoms with Gasteiger partial charge in [0.05, 0.1) is 17.8 Å². The zero-order valence-corrected chi connectivity index (χ0v) is 17.0. The van der Waals surface area contributed by atoms with E-state index in [1.807, 2.05) is 11.6 Å². The molecule has 0 aliphatic carbocycles. The van der Waals surface area contributed by atoms with E-state index in [4.69, 9.17) is 4.74 Å². The van der Waals surface area contributed by atoms with Crippen LogP contribution in [0, 0.1) is 0 Å². The summed E-state index contributed by atoms with van der Waals surface area (Å²) >= 11 is 0. The third-order valence-electron chi connectivity index (χ3n) is 5.70. The van der Waals surface area contributed by atoms with Crippen LogP contribution in [0.1, 0.15) is 47.3 Å². The Hall–Kier alpha value is -2.88. The predicted molar refractivity (Wildman–Crippen MR) is 106 cm³/mol. The average molecular weight is 436 g/mol. The van der Waals surface area contributed by atoms with Gasteiger partial charge in [-0.05, 0) is 38.0 Å². The lowest BCUT2D eigenvalue weighted by Crippen LogP contribution is -2.53. The van der Waals surface area contributed by atoms with E-state index in [0.29, 0.717) is 19.8 Å². The van der Waals surface area contributed by atoms with E-state index in [9.17, 15) is 22.8 Å². The third kappa shape index (κ3) is 4.16. The van der Waals surface area contributed by atoms with Crippen LogP contribution in [-0.2, 0) is 22.1 Å². The molecule has 1 saturated heterocycles. The summed E-state index contributed by atoms with van der Waals surface area (Å²) in [5.41, 5.74) is -0.234. The van der Waals surface area contributed by atoms with E-state index in [1.54, 1.807) is 11.1 Å². The average Bonchev–Trinajstić information content (AvgIpc) is 3.18. The van der Waals surface area contributed by atoms with Crippen LogP contribution in [0.3, 0.4) is 0 Å². The summed E-state index contributed by atoms with van der Waals surface area (Å²) in [6, 6.07) is 3.42. The minimum atomic E-state index is -4.55. The summed E-state index contributed by atoms with van der Waals surface area (Å²) in [5, 5.41) is 7.10. The van der Waals surface area contributed by atoms with Gasteiger partial charge >= 0.3 is 6.18 Å². The molecule has 7 nitrogen and oxygen atoms in total. The molecule has 2 aliphatic heterocycles. The summed E-state index contributed by atoms with van der Waals surface area (Å²) in [7, 11) is 0. The smallest absolute Gasteiger partial charge is 0.381 e. The van der Waals surface area contributed by atoms with E-state index in [1.165, 1.54) is 12.1 Å². The van der Waals surface area contributed by atoms with E-state index >= 15 is 0 Å². The minimum absolute atomic E-state index is 0.135. The summed E-state index contributed by atoms with van der Waals surface area (Å²) in [5.74, 6) is -0.297. The number of nitrogens with zero attached hydrogens (tertiary/aromatic N) is 3. The number of aromatic nitrogens is 2. The first-order valence-electron chi connectivity index (χ1n) is 10.2. The lowest BCUT2D eigenvalue weighted by molar-refractivity contribution is -0.137. The fraction of sp³-hybridized carbons (Fsp3) is 0.476. The largest absolute Gasteiger partial charge is 0.416 e. The molecular formula is C21H23F3N4O3. The lowest BCUT2D eigenvalue weighted by Gasteiger charge is -2.34. The number of rotatable bonds is 4. The molecule has 0 radical (unpaired) electrons. The lowest BCUT2D eigenvalue weighted by atomic mass is 10.0. The van der Waals surface area contributed by atoms with Crippen molar-refractivity contribution in [3.8, 4) is 0 Å². The van der Waals surface area contributed by atoms with Gasteiger partial charge in [0.15, 0.2) is 0 Å². The van der Waals surface area contributed by atoms with Gasteiger partial charge in [-0.1, -0.05) is 6.07 Å². The van der Waals surface area contributed by atoms with Crippen molar-refractivity contribution in [2.45, 2.75) is 44.4 Å².